The third-order valence-electron chi connectivity index (χ3n) is 2.67. The van der Waals surface area contributed by atoms with Gasteiger partial charge in [0.2, 0.25) is 0 Å². The molecule has 1 aliphatic rings. The molecule has 0 saturated heterocycles. The van der Waals surface area contributed by atoms with Crippen LogP contribution >= 0.6 is 0 Å². The smallest absolute Gasteiger partial charge is 0.184 e. The minimum absolute atomic E-state index is 0.00657. The highest BCUT2D eigenvalue weighted by Crippen LogP contribution is 2.10. The summed E-state index contributed by atoms with van der Waals surface area (Å²) in [6, 6.07) is 10.1. The molecule has 0 saturated carbocycles. The molecular formula is C14H16O3. The normalized spacial score (nSPS) is 23.9. The molecule has 3 nitrogen and oxygen atoms in total. The van der Waals surface area contributed by atoms with Gasteiger partial charge in [-0.25, -0.2) is 0 Å². The second-order valence-electron chi connectivity index (χ2n) is 4.01. The first kappa shape index (κ1) is 12.0. The Labute approximate surface area is 101 Å². The standard InChI is InChI=1S/C14H16O3/c1-11-13(15)7-8-14(17-11)16-10-9-12-5-3-2-4-6-12/h2-8,11,14H,9-10H2,1H3/t11-,14+/m0/s1. The van der Waals surface area contributed by atoms with E-state index in [9.17, 15) is 4.79 Å². The fourth-order valence-electron chi connectivity index (χ4n) is 1.65. The van der Waals surface area contributed by atoms with Crippen LogP contribution in [0.25, 0.3) is 0 Å². The number of ketones is 1. The molecule has 0 N–H and O–H groups in total. The van der Waals surface area contributed by atoms with Crippen LogP contribution in [0, 0.1) is 0 Å². The molecule has 1 aliphatic heterocycles. The highest BCUT2D eigenvalue weighted by atomic mass is 16.7. The van der Waals surface area contributed by atoms with Gasteiger partial charge in [-0.15, -0.1) is 0 Å². The van der Waals surface area contributed by atoms with E-state index in [-0.39, 0.29) is 5.78 Å². The fraction of sp³-hybridized carbons (Fsp3) is 0.357. The minimum Gasteiger partial charge on any atom is -0.349 e. The number of ether oxygens (including phenoxy) is 2. The number of hydrogen-bond donors (Lipinski definition) is 0. The third-order valence-corrected chi connectivity index (χ3v) is 2.67. The van der Waals surface area contributed by atoms with Crippen molar-refractivity contribution in [1.29, 1.82) is 0 Å². The maximum Gasteiger partial charge on any atom is 0.184 e. The Balaban J connectivity index is 1.76. The molecule has 0 aromatic heterocycles. The topological polar surface area (TPSA) is 35.5 Å². The van der Waals surface area contributed by atoms with Crippen molar-refractivity contribution in [2.45, 2.75) is 25.7 Å². The van der Waals surface area contributed by atoms with E-state index in [1.807, 2.05) is 18.2 Å². The number of hydrogen-bond acceptors (Lipinski definition) is 3. The average molecular weight is 232 g/mol. The maximum absolute atomic E-state index is 11.2. The molecule has 0 fully saturated rings. The van der Waals surface area contributed by atoms with Crippen molar-refractivity contribution in [3.8, 4) is 0 Å². The largest absolute Gasteiger partial charge is 0.349 e. The van der Waals surface area contributed by atoms with Crippen LogP contribution in [-0.2, 0) is 20.7 Å². The third kappa shape index (κ3) is 3.51. The summed E-state index contributed by atoms with van der Waals surface area (Å²) < 4.78 is 10.9. The first-order valence-corrected chi connectivity index (χ1v) is 5.79. The molecule has 0 spiro atoms. The lowest BCUT2D eigenvalue weighted by Gasteiger charge is -2.22. The quantitative estimate of drug-likeness (QED) is 0.797. The molecule has 1 aromatic carbocycles. The van der Waals surface area contributed by atoms with Crippen LogP contribution in [0.3, 0.4) is 0 Å². The highest BCUT2D eigenvalue weighted by Gasteiger charge is 2.20. The van der Waals surface area contributed by atoms with Crippen LogP contribution in [-0.4, -0.2) is 24.8 Å². The number of rotatable bonds is 4. The van der Waals surface area contributed by atoms with E-state index in [1.54, 1.807) is 13.0 Å². The molecule has 1 aromatic rings. The van der Waals surface area contributed by atoms with E-state index in [0.29, 0.717) is 6.61 Å². The summed E-state index contributed by atoms with van der Waals surface area (Å²) in [5.41, 5.74) is 1.23. The lowest BCUT2D eigenvalue weighted by Crippen LogP contribution is -2.31. The molecule has 17 heavy (non-hydrogen) atoms. The van der Waals surface area contributed by atoms with Crippen LogP contribution in [0.15, 0.2) is 42.5 Å². The van der Waals surface area contributed by atoms with Crippen LogP contribution < -0.4 is 0 Å². The maximum atomic E-state index is 11.2. The van der Waals surface area contributed by atoms with Gasteiger partial charge >= 0.3 is 0 Å². The predicted octanol–water partition coefficient (Wildman–Crippen LogP) is 2.12. The number of benzene rings is 1. The van der Waals surface area contributed by atoms with Crippen molar-refractivity contribution in [1.82, 2.24) is 0 Å². The number of carbonyl (C=O) groups is 1. The van der Waals surface area contributed by atoms with E-state index >= 15 is 0 Å². The van der Waals surface area contributed by atoms with Gasteiger partial charge in [0.15, 0.2) is 12.1 Å². The second-order valence-corrected chi connectivity index (χ2v) is 4.01. The van der Waals surface area contributed by atoms with Gasteiger partial charge in [0.25, 0.3) is 0 Å². The van der Waals surface area contributed by atoms with Gasteiger partial charge in [-0.3, -0.25) is 4.79 Å². The van der Waals surface area contributed by atoms with E-state index in [4.69, 9.17) is 9.47 Å². The second kappa shape index (κ2) is 5.75. The summed E-state index contributed by atoms with van der Waals surface area (Å²) in [4.78, 5) is 11.2. The van der Waals surface area contributed by atoms with E-state index in [1.165, 1.54) is 11.6 Å². The Morgan fingerprint density at radius 3 is 2.76 bits per heavy atom. The van der Waals surface area contributed by atoms with E-state index < -0.39 is 12.4 Å². The monoisotopic (exact) mass is 232 g/mol. The zero-order valence-electron chi connectivity index (χ0n) is 9.84. The lowest BCUT2D eigenvalue weighted by atomic mass is 10.2. The molecule has 0 radical (unpaired) electrons. The Hall–Kier alpha value is -1.45. The van der Waals surface area contributed by atoms with Crippen molar-refractivity contribution in [3.63, 3.8) is 0 Å². The number of carbonyl (C=O) groups excluding carboxylic acids is 1. The molecule has 90 valence electrons. The van der Waals surface area contributed by atoms with Gasteiger partial charge in [-0.05, 0) is 31.1 Å². The van der Waals surface area contributed by atoms with Crippen molar-refractivity contribution < 1.29 is 14.3 Å². The molecule has 2 atom stereocenters. The van der Waals surface area contributed by atoms with Gasteiger partial charge in [0, 0.05) is 0 Å². The van der Waals surface area contributed by atoms with Gasteiger partial charge in [0.05, 0.1) is 6.61 Å². The zero-order valence-corrected chi connectivity index (χ0v) is 9.84. The Morgan fingerprint density at radius 2 is 2.06 bits per heavy atom. The predicted molar refractivity (Wildman–Crippen MR) is 64.6 cm³/mol. The average Bonchev–Trinajstić information content (AvgIpc) is 2.35. The summed E-state index contributed by atoms with van der Waals surface area (Å²) in [5, 5.41) is 0. The minimum atomic E-state index is -0.401. The van der Waals surface area contributed by atoms with Crippen LogP contribution in [0.1, 0.15) is 12.5 Å². The zero-order chi connectivity index (χ0) is 12.1. The van der Waals surface area contributed by atoms with Gasteiger partial charge in [0.1, 0.15) is 6.10 Å². The lowest BCUT2D eigenvalue weighted by molar-refractivity contribution is -0.159. The Morgan fingerprint density at radius 1 is 1.29 bits per heavy atom. The molecule has 0 aliphatic carbocycles. The molecule has 2 rings (SSSR count). The van der Waals surface area contributed by atoms with Crippen LogP contribution in [0.5, 0.6) is 0 Å². The van der Waals surface area contributed by atoms with E-state index in [2.05, 4.69) is 12.1 Å². The van der Waals surface area contributed by atoms with E-state index in [0.717, 1.165) is 6.42 Å². The highest BCUT2D eigenvalue weighted by molar-refractivity contribution is 5.93. The fourth-order valence-corrected chi connectivity index (χ4v) is 1.65. The van der Waals surface area contributed by atoms with Gasteiger partial charge in [-0.1, -0.05) is 30.3 Å². The molecule has 0 amide bonds. The summed E-state index contributed by atoms with van der Waals surface area (Å²) in [7, 11) is 0. The summed E-state index contributed by atoms with van der Waals surface area (Å²) in [6.07, 6.45) is 3.24. The van der Waals surface area contributed by atoms with Crippen molar-refractivity contribution >= 4 is 5.78 Å². The van der Waals surface area contributed by atoms with Crippen LogP contribution in [0.2, 0.25) is 0 Å². The van der Waals surface area contributed by atoms with Gasteiger partial charge < -0.3 is 9.47 Å². The molecular weight excluding hydrogens is 216 g/mol. The Bertz CT molecular complexity index is 397. The Kier molecular flexibility index (Phi) is 4.07. The molecule has 3 heteroatoms. The summed E-state index contributed by atoms with van der Waals surface area (Å²) in [5.74, 6) is -0.00657. The molecule has 0 unspecified atom stereocenters. The summed E-state index contributed by atoms with van der Waals surface area (Å²) in [6.45, 7) is 2.32. The summed E-state index contributed by atoms with van der Waals surface area (Å²) >= 11 is 0. The van der Waals surface area contributed by atoms with Crippen molar-refractivity contribution in [3.05, 3.63) is 48.0 Å². The van der Waals surface area contributed by atoms with Gasteiger partial charge in [-0.2, -0.15) is 0 Å². The van der Waals surface area contributed by atoms with Crippen molar-refractivity contribution in [2.75, 3.05) is 6.61 Å². The first-order valence-electron chi connectivity index (χ1n) is 5.79. The first-order chi connectivity index (χ1) is 8.25. The van der Waals surface area contributed by atoms with Crippen LogP contribution in [0.4, 0.5) is 0 Å². The molecule has 0 bridgehead atoms. The SMILES string of the molecule is C[C@@H]1O[C@@H](OCCc2ccccc2)C=CC1=O. The molecule has 1 heterocycles. The van der Waals surface area contributed by atoms with Crippen molar-refractivity contribution in [2.24, 2.45) is 0 Å².